The molecular weight excluding hydrogens is 280 g/mol. The Morgan fingerprint density at radius 2 is 1.91 bits per heavy atom. The van der Waals surface area contributed by atoms with E-state index in [9.17, 15) is 4.79 Å². The molecule has 0 amide bonds. The molecule has 0 fully saturated rings. The summed E-state index contributed by atoms with van der Waals surface area (Å²) < 4.78 is 0. The lowest BCUT2D eigenvalue weighted by Gasteiger charge is -2.32. The number of rotatable bonds is 4. The molecule has 0 atom stereocenters. The van der Waals surface area contributed by atoms with Gasteiger partial charge >= 0.3 is 0 Å². The van der Waals surface area contributed by atoms with Crippen molar-refractivity contribution in [2.45, 2.75) is 66.2 Å². The summed E-state index contributed by atoms with van der Waals surface area (Å²) in [4.78, 5) is 11.4. The highest BCUT2D eigenvalue weighted by Crippen LogP contribution is 2.40. The molecule has 0 aliphatic heterocycles. The van der Waals surface area contributed by atoms with Crippen LogP contribution in [0, 0.1) is 5.41 Å². The van der Waals surface area contributed by atoms with Crippen LogP contribution in [-0.4, -0.2) is 5.78 Å². The molecule has 2 aliphatic carbocycles. The minimum absolute atomic E-state index is 0.262. The van der Waals surface area contributed by atoms with Crippen LogP contribution in [0.3, 0.4) is 0 Å². The SMILES string of the molecule is CC1=C(/C=C/C(C)=C/C=C\C2=CC(=O)CCC2)C(C)(C)CCC1. The highest BCUT2D eigenvalue weighted by atomic mass is 16.1. The normalized spacial score (nSPS) is 23.0. The summed E-state index contributed by atoms with van der Waals surface area (Å²) in [5, 5.41) is 0. The van der Waals surface area contributed by atoms with Crippen molar-refractivity contribution in [2.24, 2.45) is 5.41 Å². The Morgan fingerprint density at radius 3 is 2.61 bits per heavy atom. The Balaban J connectivity index is 2.03. The molecule has 1 nitrogen and oxygen atoms in total. The van der Waals surface area contributed by atoms with Crippen LogP contribution in [0.15, 0.2) is 58.7 Å². The average Bonchev–Trinajstić information content (AvgIpc) is 2.46. The van der Waals surface area contributed by atoms with E-state index in [4.69, 9.17) is 0 Å². The quantitative estimate of drug-likeness (QED) is 0.561. The third kappa shape index (κ3) is 5.20. The molecule has 2 rings (SSSR count). The Bertz CT molecular complexity index is 606. The zero-order valence-corrected chi connectivity index (χ0v) is 15.1. The second kappa shape index (κ2) is 7.77. The molecule has 2 aliphatic rings. The van der Waals surface area contributed by atoms with Crippen LogP contribution in [0.25, 0.3) is 0 Å². The first kappa shape index (κ1) is 17.7. The lowest BCUT2D eigenvalue weighted by Crippen LogP contribution is -2.19. The van der Waals surface area contributed by atoms with E-state index in [0.717, 1.165) is 18.4 Å². The molecule has 0 spiro atoms. The third-order valence-electron chi connectivity index (χ3n) is 4.96. The van der Waals surface area contributed by atoms with Crippen LogP contribution in [0.4, 0.5) is 0 Å². The maximum absolute atomic E-state index is 11.4. The van der Waals surface area contributed by atoms with Crippen LogP contribution in [0.1, 0.15) is 66.2 Å². The molecule has 0 heterocycles. The van der Waals surface area contributed by atoms with E-state index in [1.165, 1.54) is 36.0 Å². The van der Waals surface area contributed by atoms with Crippen LogP contribution >= 0.6 is 0 Å². The van der Waals surface area contributed by atoms with E-state index >= 15 is 0 Å². The van der Waals surface area contributed by atoms with Crippen LogP contribution in [0.5, 0.6) is 0 Å². The Labute approximate surface area is 141 Å². The predicted octanol–water partition coefficient (Wildman–Crippen LogP) is 6.25. The van der Waals surface area contributed by atoms with Gasteiger partial charge in [0.1, 0.15) is 0 Å². The second-order valence-electron chi connectivity index (χ2n) is 7.57. The molecular formula is C22H30O. The van der Waals surface area contributed by atoms with Crippen molar-refractivity contribution in [2.75, 3.05) is 0 Å². The zero-order valence-electron chi connectivity index (χ0n) is 15.1. The summed E-state index contributed by atoms with van der Waals surface area (Å²) in [7, 11) is 0. The van der Waals surface area contributed by atoms with Gasteiger partial charge in [0.25, 0.3) is 0 Å². The first-order valence-electron chi connectivity index (χ1n) is 8.85. The van der Waals surface area contributed by atoms with Gasteiger partial charge in [0, 0.05) is 6.42 Å². The van der Waals surface area contributed by atoms with Gasteiger partial charge in [-0.2, -0.15) is 0 Å². The van der Waals surface area contributed by atoms with E-state index in [-0.39, 0.29) is 5.78 Å². The molecule has 0 saturated heterocycles. The van der Waals surface area contributed by atoms with Crippen LogP contribution in [0.2, 0.25) is 0 Å². The summed E-state index contributed by atoms with van der Waals surface area (Å²) in [5.74, 6) is 0.262. The fraction of sp³-hybridized carbons (Fsp3) is 0.500. The van der Waals surface area contributed by atoms with Gasteiger partial charge in [0.2, 0.25) is 0 Å². The minimum Gasteiger partial charge on any atom is -0.295 e. The molecule has 0 aromatic heterocycles. The zero-order chi connectivity index (χ0) is 16.9. The molecule has 0 unspecified atom stereocenters. The van der Waals surface area contributed by atoms with Gasteiger partial charge in [0.15, 0.2) is 5.78 Å². The maximum Gasteiger partial charge on any atom is 0.155 e. The number of hydrogen-bond donors (Lipinski definition) is 0. The Morgan fingerprint density at radius 1 is 1.13 bits per heavy atom. The topological polar surface area (TPSA) is 17.1 Å². The van der Waals surface area contributed by atoms with Crippen molar-refractivity contribution >= 4 is 5.78 Å². The van der Waals surface area contributed by atoms with Crippen molar-refractivity contribution in [3.63, 3.8) is 0 Å². The van der Waals surface area contributed by atoms with E-state index in [2.05, 4.69) is 58.1 Å². The first-order chi connectivity index (χ1) is 10.9. The van der Waals surface area contributed by atoms with E-state index in [0.29, 0.717) is 11.8 Å². The van der Waals surface area contributed by atoms with Gasteiger partial charge in [-0.1, -0.05) is 55.4 Å². The summed E-state index contributed by atoms with van der Waals surface area (Å²) in [6.45, 7) is 9.10. The van der Waals surface area contributed by atoms with E-state index < -0.39 is 0 Å². The Kier molecular flexibility index (Phi) is 5.98. The molecule has 0 aromatic carbocycles. The fourth-order valence-electron chi connectivity index (χ4n) is 3.55. The van der Waals surface area contributed by atoms with Gasteiger partial charge in [-0.3, -0.25) is 4.79 Å². The number of ketones is 1. The highest BCUT2D eigenvalue weighted by Gasteiger charge is 2.26. The molecule has 0 saturated carbocycles. The largest absolute Gasteiger partial charge is 0.295 e. The number of allylic oxidation sites excluding steroid dienone is 10. The average molecular weight is 310 g/mol. The molecule has 1 heteroatoms. The van der Waals surface area contributed by atoms with Gasteiger partial charge in [-0.25, -0.2) is 0 Å². The lowest BCUT2D eigenvalue weighted by atomic mass is 9.72. The van der Waals surface area contributed by atoms with Crippen molar-refractivity contribution in [3.8, 4) is 0 Å². The molecule has 23 heavy (non-hydrogen) atoms. The second-order valence-corrected chi connectivity index (χ2v) is 7.57. The number of hydrogen-bond acceptors (Lipinski definition) is 1. The maximum atomic E-state index is 11.4. The predicted molar refractivity (Wildman–Crippen MR) is 99.3 cm³/mol. The smallest absolute Gasteiger partial charge is 0.155 e. The number of carbonyl (C=O) groups is 1. The fourth-order valence-corrected chi connectivity index (χ4v) is 3.55. The molecule has 0 N–H and O–H groups in total. The van der Waals surface area contributed by atoms with Crippen LogP contribution in [-0.2, 0) is 4.79 Å². The molecule has 124 valence electrons. The molecule has 0 radical (unpaired) electrons. The molecule has 0 aromatic rings. The monoisotopic (exact) mass is 310 g/mol. The summed E-state index contributed by atoms with van der Waals surface area (Å²) in [6, 6.07) is 0. The van der Waals surface area contributed by atoms with Crippen LogP contribution < -0.4 is 0 Å². The lowest BCUT2D eigenvalue weighted by molar-refractivity contribution is -0.115. The first-order valence-corrected chi connectivity index (χ1v) is 8.85. The van der Waals surface area contributed by atoms with Crippen molar-refractivity contribution < 1.29 is 4.79 Å². The van der Waals surface area contributed by atoms with E-state index in [1.807, 2.05) is 0 Å². The van der Waals surface area contributed by atoms with Gasteiger partial charge in [-0.05, 0) is 68.6 Å². The van der Waals surface area contributed by atoms with Gasteiger partial charge in [-0.15, -0.1) is 0 Å². The number of carbonyl (C=O) groups excluding carboxylic acids is 1. The standard InChI is InChI=1S/C22H30O/c1-17(8-5-10-19-11-6-12-20(23)16-19)13-14-21-18(2)9-7-15-22(21,3)4/h5,8,10,13-14,16H,6-7,9,11-12,15H2,1-4H3/b10-5-,14-13+,17-8+. The van der Waals surface area contributed by atoms with Gasteiger partial charge in [0.05, 0.1) is 0 Å². The van der Waals surface area contributed by atoms with Crippen molar-refractivity contribution in [3.05, 3.63) is 58.7 Å². The summed E-state index contributed by atoms with van der Waals surface area (Å²) in [5.41, 5.74) is 5.72. The highest BCUT2D eigenvalue weighted by molar-refractivity contribution is 5.91. The molecule has 0 bridgehead atoms. The van der Waals surface area contributed by atoms with Gasteiger partial charge < -0.3 is 0 Å². The third-order valence-corrected chi connectivity index (χ3v) is 4.96. The van der Waals surface area contributed by atoms with E-state index in [1.54, 1.807) is 6.08 Å². The van der Waals surface area contributed by atoms with Crippen molar-refractivity contribution in [1.82, 2.24) is 0 Å². The summed E-state index contributed by atoms with van der Waals surface area (Å²) >= 11 is 0. The summed E-state index contributed by atoms with van der Waals surface area (Å²) in [6.07, 6.45) is 19.1. The Hall–Kier alpha value is -1.63. The van der Waals surface area contributed by atoms with Crippen molar-refractivity contribution in [1.29, 1.82) is 0 Å². The minimum atomic E-state index is 0.262.